The molecule has 176 valence electrons. The fraction of sp³-hybridized carbons (Fsp3) is 0.217. The molecule has 0 aliphatic heterocycles. The van der Waals surface area contributed by atoms with E-state index in [1.54, 1.807) is 49.4 Å². The van der Waals surface area contributed by atoms with E-state index in [1.807, 2.05) is 0 Å². The number of nitrogens with zero attached hydrogens (tertiary/aromatic N) is 3. The SMILES string of the molecule is C[C@H](O)CC(C(N)=O)c1ccc(-c2noc(-c3onc(-c4ccccc4)c3C(F)(F)F)n2)cc1. The Bertz CT molecular complexity index is 1280. The topological polar surface area (TPSA) is 128 Å². The van der Waals surface area contributed by atoms with Gasteiger partial charge in [-0.05, 0) is 18.9 Å². The highest BCUT2D eigenvalue weighted by molar-refractivity contribution is 5.82. The average Bonchev–Trinajstić information content (AvgIpc) is 3.45. The minimum Gasteiger partial charge on any atom is -0.393 e. The third kappa shape index (κ3) is 4.69. The lowest BCUT2D eigenvalue weighted by Crippen LogP contribution is -2.24. The quantitative estimate of drug-likeness (QED) is 0.407. The van der Waals surface area contributed by atoms with Crippen LogP contribution >= 0.6 is 0 Å². The number of aliphatic hydroxyl groups is 1. The first kappa shape index (κ1) is 23.2. The zero-order chi connectivity index (χ0) is 24.5. The van der Waals surface area contributed by atoms with Crippen molar-refractivity contribution in [3.63, 3.8) is 0 Å². The highest BCUT2D eigenvalue weighted by Gasteiger charge is 2.43. The standard InChI is InChI=1S/C23H19F3N4O4/c1-12(31)11-16(20(27)32)13-7-9-15(10-8-13)21-28-22(34-30-21)19-17(23(24,25)26)18(29-33-19)14-5-3-2-4-6-14/h2-10,12,16,31H,11H2,1H3,(H2,27,32)/t12-,16?/m0/s1. The zero-order valence-corrected chi connectivity index (χ0v) is 17.8. The third-order valence-corrected chi connectivity index (χ3v) is 5.13. The van der Waals surface area contributed by atoms with Gasteiger partial charge in [0.2, 0.25) is 17.5 Å². The van der Waals surface area contributed by atoms with Crippen molar-refractivity contribution in [2.75, 3.05) is 0 Å². The van der Waals surface area contributed by atoms with E-state index in [0.717, 1.165) is 0 Å². The number of hydrogen-bond donors (Lipinski definition) is 2. The maximum absolute atomic E-state index is 13.9. The minimum absolute atomic E-state index is 0.0125. The van der Waals surface area contributed by atoms with Crippen molar-refractivity contribution < 1.29 is 32.1 Å². The number of benzene rings is 2. The molecule has 1 unspecified atom stereocenters. The highest BCUT2D eigenvalue weighted by Crippen LogP contribution is 2.43. The number of hydrogen-bond acceptors (Lipinski definition) is 7. The van der Waals surface area contributed by atoms with E-state index < -0.39 is 41.3 Å². The van der Waals surface area contributed by atoms with Crippen LogP contribution < -0.4 is 5.73 Å². The van der Waals surface area contributed by atoms with Gasteiger partial charge in [-0.15, -0.1) is 0 Å². The molecule has 3 N–H and O–H groups in total. The van der Waals surface area contributed by atoms with Crippen LogP contribution in [0.4, 0.5) is 13.2 Å². The Morgan fingerprint density at radius 1 is 1.03 bits per heavy atom. The Balaban J connectivity index is 1.67. The molecule has 0 saturated carbocycles. The number of primary amides is 1. The summed E-state index contributed by atoms with van der Waals surface area (Å²) < 4.78 is 51.7. The predicted molar refractivity (Wildman–Crippen MR) is 114 cm³/mol. The van der Waals surface area contributed by atoms with Crippen LogP contribution in [0.2, 0.25) is 0 Å². The van der Waals surface area contributed by atoms with Crippen LogP contribution in [0.5, 0.6) is 0 Å². The van der Waals surface area contributed by atoms with Crippen LogP contribution in [0.1, 0.15) is 30.4 Å². The maximum atomic E-state index is 13.9. The lowest BCUT2D eigenvalue weighted by molar-refractivity contribution is -0.137. The second-order valence-electron chi connectivity index (χ2n) is 7.68. The van der Waals surface area contributed by atoms with Gasteiger partial charge in [-0.1, -0.05) is 64.9 Å². The molecule has 2 aromatic carbocycles. The normalized spacial score (nSPS) is 13.6. The molecule has 8 nitrogen and oxygen atoms in total. The van der Waals surface area contributed by atoms with Gasteiger partial charge in [0.1, 0.15) is 11.3 Å². The Morgan fingerprint density at radius 2 is 1.71 bits per heavy atom. The summed E-state index contributed by atoms with van der Waals surface area (Å²) in [6, 6.07) is 14.2. The second kappa shape index (κ2) is 9.10. The van der Waals surface area contributed by atoms with Crippen LogP contribution in [0.15, 0.2) is 63.6 Å². The van der Waals surface area contributed by atoms with Crippen LogP contribution in [0.3, 0.4) is 0 Å². The van der Waals surface area contributed by atoms with Gasteiger partial charge in [-0.25, -0.2) is 0 Å². The van der Waals surface area contributed by atoms with E-state index in [9.17, 15) is 23.1 Å². The number of rotatable bonds is 7. The van der Waals surface area contributed by atoms with Crippen molar-refractivity contribution in [3.05, 3.63) is 65.7 Å². The van der Waals surface area contributed by atoms with E-state index in [4.69, 9.17) is 14.8 Å². The smallest absolute Gasteiger partial charge is 0.393 e. The lowest BCUT2D eigenvalue weighted by Gasteiger charge is -2.15. The molecule has 0 bridgehead atoms. The van der Waals surface area contributed by atoms with Crippen molar-refractivity contribution in [2.45, 2.75) is 31.5 Å². The first-order valence-corrected chi connectivity index (χ1v) is 10.2. The molecule has 34 heavy (non-hydrogen) atoms. The summed E-state index contributed by atoms with van der Waals surface area (Å²) in [5.41, 5.74) is 5.15. The number of aromatic nitrogens is 3. The predicted octanol–water partition coefficient (Wildman–Crippen LogP) is 4.42. The van der Waals surface area contributed by atoms with Crippen molar-refractivity contribution >= 4 is 5.91 Å². The summed E-state index contributed by atoms with van der Waals surface area (Å²) in [4.78, 5) is 15.8. The van der Waals surface area contributed by atoms with Crippen LogP contribution in [-0.2, 0) is 11.0 Å². The summed E-state index contributed by atoms with van der Waals surface area (Å²) in [6.07, 6.45) is -5.37. The van der Waals surface area contributed by atoms with E-state index in [0.29, 0.717) is 11.1 Å². The van der Waals surface area contributed by atoms with Crippen molar-refractivity contribution in [2.24, 2.45) is 5.73 Å². The number of carbonyl (C=O) groups excluding carboxylic acids is 1. The molecule has 0 spiro atoms. The van der Waals surface area contributed by atoms with Crippen molar-refractivity contribution in [3.8, 4) is 34.3 Å². The average molecular weight is 472 g/mol. The molecule has 4 aromatic rings. The summed E-state index contributed by atoms with van der Waals surface area (Å²) in [5, 5.41) is 16.9. The number of aliphatic hydroxyl groups excluding tert-OH is 1. The molecule has 11 heteroatoms. The molecule has 1 amide bonds. The molecule has 0 aliphatic carbocycles. The van der Waals surface area contributed by atoms with Gasteiger partial charge < -0.3 is 19.9 Å². The summed E-state index contributed by atoms with van der Waals surface area (Å²) in [6.45, 7) is 1.55. The van der Waals surface area contributed by atoms with Gasteiger partial charge in [0.15, 0.2) is 0 Å². The van der Waals surface area contributed by atoms with Gasteiger partial charge in [0, 0.05) is 11.1 Å². The van der Waals surface area contributed by atoms with E-state index in [2.05, 4.69) is 15.3 Å². The largest absolute Gasteiger partial charge is 0.422 e. The highest BCUT2D eigenvalue weighted by atomic mass is 19.4. The van der Waals surface area contributed by atoms with Crippen molar-refractivity contribution in [1.82, 2.24) is 15.3 Å². The molecular formula is C23H19F3N4O4. The molecular weight excluding hydrogens is 453 g/mol. The van der Waals surface area contributed by atoms with E-state index in [1.165, 1.54) is 12.1 Å². The van der Waals surface area contributed by atoms with Gasteiger partial charge in [0.05, 0.1) is 12.0 Å². The Labute approximate surface area is 191 Å². The van der Waals surface area contributed by atoms with Gasteiger partial charge in [0.25, 0.3) is 5.89 Å². The maximum Gasteiger partial charge on any atom is 0.422 e. The molecule has 2 aromatic heterocycles. The number of amides is 1. The number of carbonyl (C=O) groups is 1. The summed E-state index contributed by atoms with van der Waals surface area (Å²) in [5.74, 6) is -2.44. The fourth-order valence-corrected chi connectivity index (χ4v) is 3.55. The van der Waals surface area contributed by atoms with E-state index in [-0.39, 0.29) is 23.5 Å². The first-order chi connectivity index (χ1) is 16.1. The van der Waals surface area contributed by atoms with Gasteiger partial charge in [-0.3, -0.25) is 4.79 Å². The van der Waals surface area contributed by atoms with Crippen LogP contribution in [0.25, 0.3) is 34.3 Å². The van der Waals surface area contributed by atoms with E-state index >= 15 is 0 Å². The molecule has 0 aliphatic rings. The first-order valence-electron chi connectivity index (χ1n) is 10.2. The Morgan fingerprint density at radius 3 is 2.29 bits per heavy atom. The third-order valence-electron chi connectivity index (χ3n) is 5.13. The summed E-state index contributed by atoms with van der Waals surface area (Å²) in [7, 11) is 0. The Kier molecular flexibility index (Phi) is 6.20. The minimum atomic E-state index is -4.79. The van der Waals surface area contributed by atoms with Gasteiger partial charge in [-0.2, -0.15) is 18.2 Å². The van der Waals surface area contributed by atoms with Crippen molar-refractivity contribution in [1.29, 1.82) is 0 Å². The van der Waals surface area contributed by atoms with Gasteiger partial charge >= 0.3 is 6.18 Å². The summed E-state index contributed by atoms with van der Waals surface area (Å²) >= 11 is 0. The molecule has 2 atom stereocenters. The molecule has 0 saturated heterocycles. The van der Waals surface area contributed by atoms with Crippen LogP contribution in [0, 0.1) is 0 Å². The lowest BCUT2D eigenvalue weighted by atomic mass is 9.92. The molecule has 4 rings (SSSR count). The fourth-order valence-electron chi connectivity index (χ4n) is 3.55. The monoisotopic (exact) mass is 472 g/mol. The molecule has 0 fully saturated rings. The Hall–Kier alpha value is -3.99. The number of alkyl halides is 3. The second-order valence-corrected chi connectivity index (χ2v) is 7.68. The number of nitrogens with two attached hydrogens (primary N) is 1. The molecule has 0 radical (unpaired) electrons. The number of halogens is 3. The zero-order valence-electron chi connectivity index (χ0n) is 17.8. The van der Waals surface area contributed by atoms with Crippen LogP contribution in [-0.4, -0.2) is 32.4 Å². The molecule has 2 heterocycles.